The van der Waals surface area contributed by atoms with Crippen LogP contribution < -0.4 is 10.6 Å². The van der Waals surface area contributed by atoms with Crippen LogP contribution in [-0.2, 0) is 24.3 Å². The number of amides is 1. The maximum Gasteiger partial charge on any atom is 0.410 e. The van der Waals surface area contributed by atoms with Gasteiger partial charge in [-0.2, -0.15) is 4.98 Å². The average molecular weight is 475 g/mol. The average Bonchev–Trinajstić information content (AvgIpc) is 3.29. The topological polar surface area (TPSA) is 115 Å². The minimum Gasteiger partial charge on any atom is -0.450 e. The van der Waals surface area contributed by atoms with Crippen molar-refractivity contribution in [1.82, 2.24) is 9.97 Å². The molecule has 0 fully saturated rings. The zero-order valence-electron chi connectivity index (χ0n) is 17.9. The van der Waals surface area contributed by atoms with Gasteiger partial charge in [0, 0.05) is 29.9 Å². The number of nitrogens with zero attached hydrogens (tertiary/aromatic N) is 3. The van der Waals surface area contributed by atoms with Crippen LogP contribution in [0.3, 0.4) is 0 Å². The van der Waals surface area contributed by atoms with Crippen LogP contribution in [0, 0.1) is 0 Å². The summed E-state index contributed by atoms with van der Waals surface area (Å²) in [6.07, 6.45) is 0.917. The van der Waals surface area contributed by atoms with Crippen LogP contribution in [0.15, 0.2) is 57.2 Å². The molecular weight excluding hydrogens is 450 g/mol. The number of carbonyl (C=O) groups is 1. The number of rotatable bonds is 9. The Morgan fingerprint density at radius 3 is 2.72 bits per heavy atom. The fraction of sp³-hybridized carbons (Fsp3) is 0.286. The minimum absolute atomic E-state index is 0.0545. The molecule has 0 aliphatic heterocycles. The van der Waals surface area contributed by atoms with Crippen molar-refractivity contribution in [2.45, 2.75) is 24.8 Å². The standard InChI is InChI=1S/C21H24N5O4S2/c1-4-30-21(27)26-32(28)16-9-7-15(8-10-16)24-20-22-12-17(18-6-5-11-31-18)19(25-20)23-14(2)13-29-3/h5-12,14H,4,13H2,1-3H3,(H2,22,23,24,25)/q-1. The van der Waals surface area contributed by atoms with E-state index < -0.39 is 16.7 Å². The molecule has 32 heavy (non-hydrogen) atoms. The van der Waals surface area contributed by atoms with Crippen LogP contribution in [0.25, 0.3) is 10.4 Å². The van der Waals surface area contributed by atoms with Gasteiger partial charge in [-0.3, -0.25) is 4.36 Å². The first-order chi connectivity index (χ1) is 15.5. The van der Waals surface area contributed by atoms with Gasteiger partial charge in [0.1, 0.15) is 5.82 Å². The predicted octanol–water partition coefficient (Wildman–Crippen LogP) is 5.06. The summed E-state index contributed by atoms with van der Waals surface area (Å²) in [6.45, 7) is 4.38. The highest BCUT2D eigenvalue weighted by atomic mass is 32.2. The normalized spacial score (nSPS) is 12.8. The number of carbonyl (C=O) groups excluding carboxylic acids is 1. The largest absolute Gasteiger partial charge is 0.450 e. The van der Waals surface area contributed by atoms with Gasteiger partial charge in [-0.15, -0.1) is 21.9 Å². The van der Waals surface area contributed by atoms with E-state index in [1.54, 1.807) is 55.8 Å². The molecule has 3 aromatic rings. The van der Waals surface area contributed by atoms with E-state index >= 15 is 0 Å². The molecule has 11 heteroatoms. The van der Waals surface area contributed by atoms with Gasteiger partial charge in [0.2, 0.25) is 5.95 Å². The molecule has 0 spiro atoms. The number of ether oxygens (including phenoxy) is 2. The zero-order chi connectivity index (χ0) is 22.9. The van der Waals surface area contributed by atoms with Crippen LogP contribution in [0.4, 0.5) is 22.2 Å². The second-order valence-electron chi connectivity index (χ2n) is 6.62. The Bertz CT molecular complexity index is 1110. The van der Waals surface area contributed by atoms with Crippen molar-refractivity contribution in [1.29, 1.82) is 0 Å². The summed E-state index contributed by atoms with van der Waals surface area (Å²) in [5, 5.41) is 8.51. The lowest BCUT2D eigenvalue weighted by atomic mass is 10.2. The molecule has 0 saturated heterocycles. The lowest BCUT2D eigenvalue weighted by Crippen LogP contribution is -2.22. The van der Waals surface area contributed by atoms with Crippen molar-refractivity contribution in [3.63, 3.8) is 0 Å². The van der Waals surface area contributed by atoms with E-state index in [9.17, 15) is 9.00 Å². The van der Waals surface area contributed by atoms with Gasteiger partial charge in [0.15, 0.2) is 0 Å². The quantitative estimate of drug-likeness (QED) is 0.414. The Morgan fingerprint density at radius 1 is 1.28 bits per heavy atom. The van der Waals surface area contributed by atoms with E-state index in [1.807, 2.05) is 24.4 Å². The van der Waals surface area contributed by atoms with E-state index in [4.69, 9.17) is 4.74 Å². The lowest BCUT2D eigenvalue weighted by Gasteiger charge is -2.17. The SMILES string of the molecule is CCOC(=O)N=[S-](=O)c1ccc(Nc2ncc(-c3cccs3)c(NC(C)COC)n2)cc1. The van der Waals surface area contributed by atoms with Gasteiger partial charge in [-0.1, -0.05) is 23.1 Å². The number of nitrogens with one attached hydrogen (secondary N) is 2. The van der Waals surface area contributed by atoms with Gasteiger partial charge in [-0.25, -0.2) is 9.78 Å². The summed E-state index contributed by atoms with van der Waals surface area (Å²) in [5.74, 6) is 1.10. The molecule has 1 aromatic carbocycles. The zero-order valence-corrected chi connectivity index (χ0v) is 19.5. The number of hydrogen-bond donors (Lipinski definition) is 2. The molecule has 1 amide bonds. The highest BCUT2D eigenvalue weighted by Crippen LogP contribution is 2.31. The minimum atomic E-state index is -1.83. The molecule has 170 valence electrons. The number of anilines is 3. The van der Waals surface area contributed by atoms with Crippen molar-refractivity contribution < 1.29 is 18.5 Å². The lowest BCUT2D eigenvalue weighted by molar-refractivity contribution is 0.164. The summed E-state index contributed by atoms with van der Waals surface area (Å²) < 4.78 is 25.5. The molecule has 0 bridgehead atoms. The first-order valence-corrected chi connectivity index (χ1v) is 11.8. The van der Waals surface area contributed by atoms with Crippen LogP contribution in [0.1, 0.15) is 13.8 Å². The third kappa shape index (κ3) is 6.49. The number of hydrogen-bond acceptors (Lipinski definition) is 10. The van der Waals surface area contributed by atoms with E-state index in [0.29, 0.717) is 29.0 Å². The molecule has 2 heterocycles. The number of thiophene rings is 1. The molecule has 0 aliphatic rings. The first-order valence-electron chi connectivity index (χ1n) is 9.84. The summed E-state index contributed by atoms with van der Waals surface area (Å²) in [5.41, 5.74) is 1.60. The summed E-state index contributed by atoms with van der Waals surface area (Å²) in [6, 6.07) is 10.7. The second-order valence-corrected chi connectivity index (χ2v) is 8.72. The van der Waals surface area contributed by atoms with Crippen molar-refractivity contribution in [3.05, 3.63) is 48.0 Å². The molecule has 0 saturated carbocycles. The first kappa shape index (κ1) is 23.6. The molecule has 1 atom stereocenters. The van der Waals surface area contributed by atoms with Crippen molar-refractivity contribution in [2.75, 3.05) is 31.0 Å². The Labute approximate surface area is 192 Å². The summed E-state index contributed by atoms with van der Waals surface area (Å²) in [7, 11) is -0.177. The van der Waals surface area contributed by atoms with Crippen LogP contribution in [0.2, 0.25) is 0 Å². The van der Waals surface area contributed by atoms with Crippen molar-refractivity contribution in [3.8, 4) is 10.4 Å². The number of methoxy groups -OCH3 is 1. The van der Waals surface area contributed by atoms with Crippen molar-refractivity contribution >= 4 is 45.5 Å². The monoisotopic (exact) mass is 474 g/mol. The third-order valence-electron chi connectivity index (χ3n) is 4.11. The van der Waals surface area contributed by atoms with E-state index in [2.05, 4.69) is 29.7 Å². The Hall–Kier alpha value is -3.02. The fourth-order valence-corrected chi connectivity index (χ4v) is 4.14. The summed E-state index contributed by atoms with van der Waals surface area (Å²) in [4.78, 5) is 21.9. The van der Waals surface area contributed by atoms with Gasteiger partial charge < -0.3 is 24.3 Å². The van der Waals surface area contributed by atoms with Crippen LogP contribution >= 0.6 is 11.3 Å². The van der Waals surface area contributed by atoms with Gasteiger partial charge in [0.25, 0.3) is 0 Å². The molecule has 9 nitrogen and oxygen atoms in total. The van der Waals surface area contributed by atoms with Crippen LogP contribution in [0.5, 0.6) is 0 Å². The smallest absolute Gasteiger partial charge is 0.410 e. The Kier molecular flexibility index (Phi) is 8.54. The van der Waals surface area contributed by atoms with Gasteiger partial charge >= 0.3 is 6.09 Å². The van der Waals surface area contributed by atoms with Crippen LogP contribution in [-0.4, -0.2) is 42.4 Å². The van der Waals surface area contributed by atoms with E-state index in [-0.39, 0.29) is 12.6 Å². The van der Waals surface area contributed by atoms with Crippen molar-refractivity contribution in [2.24, 2.45) is 4.36 Å². The molecule has 1 unspecified atom stereocenters. The summed E-state index contributed by atoms with van der Waals surface area (Å²) >= 11 is 1.61. The van der Waals surface area contributed by atoms with E-state index in [0.717, 1.165) is 10.4 Å². The Morgan fingerprint density at radius 2 is 2.06 bits per heavy atom. The van der Waals surface area contributed by atoms with Gasteiger partial charge in [-0.05, 0) is 37.4 Å². The maximum atomic E-state index is 12.1. The number of benzene rings is 1. The molecule has 0 radical (unpaired) electrons. The second kappa shape index (κ2) is 11.6. The van der Waals surface area contributed by atoms with Gasteiger partial charge in [0.05, 0.1) is 18.8 Å². The Balaban J connectivity index is 1.79. The number of aromatic nitrogens is 2. The molecule has 0 aliphatic carbocycles. The predicted molar refractivity (Wildman–Crippen MR) is 126 cm³/mol. The maximum absolute atomic E-state index is 12.1. The van der Waals surface area contributed by atoms with E-state index in [1.165, 1.54) is 0 Å². The molecule has 3 rings (SSSR count). The third-order valence-corrected chi connectivity index (χ3v) is 6.01. The highest BCUT2D eigenvalue weighted by molar-refractivity contribution is 7.75. The molecule has 2 N–H and O–H groups in total. The highest BCUT2D eigenvalue weighted by Gasteiger charge is 2.13. The molecule has 2 aromatic heterocycles. The molecular formula is C21H24N5O4S2-. The fourth-order valence-electron chi connectivity index (χ4n) is 2.74.